The Balaban J connectivity index is 2.74. The summed E-state index contributed by atoms with van der Waals surface area (Å²) in [5.41, 5.74) is 5.88. The first-order valence-electron chi connectivity index (χ1n) is 7.03. The fraction of sp³-hybridized carbons (Fsp3) is 1.00. The standard InChI is InChI=1S/C14H30N2O2/c1-6-7-16(8-9-17)10-11-12(15)14(4,5)18-13(11,2)3/h11-12,17H,6-10,15H2,1-5H3. The van der Waals surface area contributed by atoms with E-state index in [9.17, 15) is 0 Å². The molecule has 1 aliphatic rings. The van der Waals surface area contributed by atoms with Crippen molar-refractivity contribution in [1.82, 2.24) is 4.90 Å². The molecular weight excluding hydrogens is 228 g/mol. The summed E-state index contributed by atoms with van der Waals surface area (Å²) in [7, 11) is 0. The summed E-state index contributed by atoms with van der Waals surface area (Å²) in [6, 6.07) is 0.0329. The topological polar surface area (TPSA) is 58.7 Å². The van der Waals surface area contributed by atoms with Crippen molar-refractivity contribution in [1.29, 1.82) is 0 Å². The molecule has 1 saturated heterocycles. The third kappa shape index (κ3) is 3.44. The van der Waals surface area contributed by atoms with Gasteiger partial charge in [-0.15, -0.1) is 0 Å². The number of hydrogen-bond donors (Lipinski definition) is 2. The molecule has 0 spiro atoms. The van der Waals surface area contributed by atoms with Crippen LogP contribution < -0.4 is 5.73 Å². The van der Waals surface area contributed by atoms with Crippen molar-refractivity contribution in [3.05, 3.63) is 0 Å². The van der Waals surface area contributed by atoms with Gasteiger partial charge in [-0.25, -0.2) is 0 Å². The lowest BCUT2D eigenvalue weighted by atomic mass is 9.82. The maximum Gasteiger partial charge on any atom is 0.0788 e. The van der Waals surface area contributed by atoms with Crippen molar-refractivity contribution >= 4 is 0 Å². The Hall–Kier alpha value is -0.160. The molecule has 3 N–H and O–H groups in total. The highest BCUT2D eigenvalue weighted by molar-refractivity contribution is 5.04. The van der Waals surface area contributed by atoms with E-state index in [0.717, 1.165) is 19.5 Å². The number of aliphatic hydroxyl groups is 1. The molecule has 0 aromatic heterocycles. The molecule has 0 saturated carbocycles. The van der Waals surface area contributed by atoms with Crippen LogP contribution in [-0.2, 0) is 4.74 Å². The quantitative estimate of drug-likeness (QED) is 0.752. The van der Waals surface area contributed by atoms with E-state index in [-0.39, 0.29) is 23.9 Å². The van der Waals surface area contributed by atoms with E-state index in [2.05, 4.69) is 39.5 Å². The smallest absolute Gasteiger partial charge is 0.0788 e. The van der Waals surface area contributed by atoms with E-state index in [1.807, 2.05) is 0 Å². The van der Waals surface area contributed by atoms with Crippen LogP contribution in [0.2, 0.25) is 0 Å². The number of rotatable bonds is 6. The van der Waals surface area contributed by atoms with E-state index in [0.29, 0.717) is 12.5 Å². The van der Waals surface area contributed by atoms with E-state index in [4.69, 9.17) is 15.6 Å². The van der Waals surface area contributed by atoms with Crippen molar-refractivity contribution in [3.8, 4) is 0 Å². The van der Waals surface area contributed by atoms with Gasteiger partial charge in [-0.05, 0) is 40.7 Å². The van der Waals surface area contributed by atoms with Crippen LogP contribution in [0.25, 0.3) is 0 Å². The van der Waals surface area contributed by atoms with Gasteiger partial charge in [-0.2, -0.15) is 0 Å². The first kappa shape index (κ1) is 15.9. The van der Waals surface area contributed by atoms with Crippen molar-refractivity contribution in [2.75, 3.05) is 26.2 Å². The van der Waals surface area contributed by atoms with Crippen molar-refractivity contribution in [2.24, 2.45) is 11.7 Å². The monoisotopic (exact) mass is 258 g/mol. The molecule has 2 unspecified atom stereocenters. The lowest BCUT2D eigenvalue weighted by Crippen LogP contribution is -2.48. The normalized spacial score (nSPS) is 30.0. The third-order valence-electron chi connectivity index (χ3n) is 4.07. The van der Waals surface area contributed by atoms with Gasteiger partial charge in [0.05, 0.1) is 17.8 Å². The van der Waals surface area contributed by atoms with Gasteiger partial charge >= 0.3 is 0 Å². The summed E-state index contributed by atoms with van der Waals surface area (Å²) in [5, 5.41) is 9.13. The zero-order chi connectivity index (χ0) is 14.0. The van der Waals surface area contributed by atoms with Gasteiger partial charge in [0.25, 0.3) is 0 Å². The molecule has 0 amide bonds. The molecule has 0 bridgehead atoms. The molecule has 0 radical (unpaired) electrons. The van der Waals surface area contributed by atoms with Crippen molar-refractivity contribution < 1.29 is 9.84 Å². The maximum atomic E-state index is 9.13. The Morgan fingerprint density at radius 2 is 1.78 bits per heavy atom. The first-order valence-corrected chi connectivity index (χ1v) is 7.03. The Kier molecular flexibility index (Phi) is 5.18. The van der Waals surface area contributed by atoms with E-state index in [1.165, 1.54) is 0 Å². The van der Waals surface area contributed by atoms with Crippen molar-refractivity contribution in [2.45, 2.75) is 58.3 Å². The molecule has 4 nitrogen and oxygen atoms in total. The molecule has 1 heterocycles. The molecule has 18 heavy (non-hydrogen) atoms. The van der Waals surface area contributed by atoms with Gasteiger partial charge in [0.15, 0.2) is 0 Å². The summed E-state index contributed by atoms with van der Waals surface area (Å²) in [6.07, 6.45) is 1.09. The molecule has 0 aromatic rings. The summed E-state index contributed by atoms with van der Waals surface area (Å²) in [5.74, 6) is 0.297. The second kappa shape index (κ2) is 5.87. The molecule has 0 aliphatic carbocycles. The summed E-state index contributed by atoms with van der Waals surface area (Å²) in [4.78, 5) is 2.29. The number of nitrogens with zero attached hydrogens (tertiary/aromatic N) is 1. The minimum Gasteiger partial charge on any atom is -0.395 e. The molecule has 1 rings (SSSR count). The Morgan fingerprint density at radius 3 is 2.17 bits per heavy atom. The van der Waals surface area contributed by atoms with Gasteiger partial charge in [0.2, 0.25) is 0 Å². The van der Waals surface area contributed by atoms with Gasteiger partial charge in [-0.3, -0.25) is 0 Å². The Labute approximate surface area is 111 Å². The zero-order valence-electron chi connectivity index (χ0n) is 12.6. The highest BCUT2D eigenvalue weighted by Gasteiger charge is 2.52. The van der Waals surface area contributed by atoms with Crippen LogP contribution >= 0.6 is 0 Å². The fourth-order valence-electron chi connectivity index (χ4n) is 3.10. The zero-order valence-corrected chi connectivity index (χ0v) is 12.6. The molecule has 1 aliphatic heterocycles. The number of hydrogen-bond acceptors (Lipinski definition) is 4. The molecule has 0 aromatic carbocycles. The lowest BCUT2D eigenvalue weighted by Gasteiger charge is -2.32. The second-order valence-electron chi connectivity index (χ2n) is 6.47. The minimum atomic E-state index is -0.273. The predicted octanol–water partition coefficient (Wildman–Crippen LogP) is 1.22. The molecule has 4 heteroatoms. The average molecular weight is 258 g/mol. The molecular formula is C14H30N2O2. The largest absolute Gasteiger partial charge is 0.395 e. The number of nitrogens with two attached hydrogens (primary N) is 1. The summed E-state index contributed by atoms with van der Waals surface area (Å²) in [6.45, 7) is 13.3. The van der Waals surface area contributed by atoms with E-state index < -0.39 is 0 Å². The van der Waals surface area contributed by atoms with Gasteiger partial charge in [0.1, 0.15) is 0 Å². The summed E-state index contributed by atoms with van der Waals surface area (Å²) >= 11 is 0. The molecule has 108 valence electrons. The van der Waals surface area contributed by atoms with Gasteiger partial charge in [0, 0.05) is 25.0 Å². The van der Waals surface area contributed by atoms with Crippen LogP contribution in [0.3, 0.4) is 0 Å². The van der Waals surface area contributed by atoms with E-state index >= 15 is 0 Å². The Morgan fingerprint density at radius 1 is 1.17 bits per heavy atom. The highest BCUT2D eigenvalue weighted by Crippen LogP contribution is 2.41. The molecule has 1 fully saturated rings. The van der Waals surface area contributed by atoms with Crippen LogP contribution in [0.4, 0.5) is 0 Å². The number of ether oxygens (including phenoxy) is 1. The van der Waals surface area contributed by atoms with Crippen LogP contribution in [0.5, 0.6) is 0 Å². The third-order valence-corrected chi connectivity index (χ3v) is 4.07. The Bertz CT molecular complexity index is 261. The predicted molar refractivity (Wildman–Crippen MR) is 74.5 cm³/mol. The lowest BCUT2D eigenvalue weighted by molar-refractivity contribution is -0.0786. The van der Waals surface area contributed by atoms with Gasteiger partial charge < -0.3 is 20.5 Å². The molecule has 2 atom stereocenters. The fourth-order valence-corrected chi connectivity index (χ4v) is 3.10. The van der Waals surface area contributed by atoms with Crippen molar-refractivity contribution in [3.63, 3.8) is 0 Å². The van der Waals surface area contributed by atoms with Crippen LogP contribution in [0, 0.1) is 5.92 Å². The van der Waals surface area contributed by atoms with E-state index in [1.54, 1.807) is 0 Å². The van der Waals surface area contributed by atoms with Gasteiger partial charge in [-0.1, -0.05) is 6.92 Å². The second-order valence-corrected chi connectivity index (χ2v) is 6.47. The van der Waals surface area contributed by atoms with Crippen LogP contribution in [0.1, 0.15) is 41.0 Å². The maximum absolute atomic E-state index is 9.13. The van der Waals surface area contributed by atoms with Crippen LogP contribution in [0.15, 0.2) is 0 Å². The van der Waals surface area contributed by atoms with Crippen LogP contribution in [-0.4, -0.2) is 53.5 Å². The first-order chi connectivity index (χ1) is 8.24. The minimum absolute atomic E-state index is 0.0329. The number of aliphatic hydroxyl groups excluding tert-OH is 1. The average Bonchev–Trinajstić information content (AvgIpc) is 2.37. The highest BCUT2D eigenvalue weighted by atomic mass is 16.5. The SMILES string of the molecule is CCCN(CCO)CC1C(N)C(C)(C)OC1(C)C. The summed E-state index contributed by atoms with van der Waals surface area (Å²) < 4.78 is 6.10.